The lowest BCUT2D eigenvalue weighted by Gasteiger charge is -2.05. The Morgan fingerprint density at radius 2 is 1.82 bits per heavy atom. The Labute approximate surface area is 135 Å². The number of aromatic carboxylic acids is 1. The van der Waals surface area contributed by atoms with Crippen molar-refractivity contribution in [1.82, 2.24) is 4.40 Å². The number of carboxylic acids is 1. The number of benzene rings is 1. The van der Waals surface area contributed by atoms with Crippen molar-refractivity contribution in [2.75, 3.05) is 0 Å². The minimum Gasteiger partial charge on any atom is -0.478 e. The van der Waals surface area contributed by atoms with Crippen LogP contribution >= 0.6 is 15.9 Å². The van der Waals surface area contributed by atoms with Gasteiger partial charge in [0.2, 0.25) is 5.78 Å². The van der Waals surface area contributed by atoms with Crippen molar-refractivity contribution in [3.63, 3.8) is 0 Å². The zero-order chi connectivity index (χ0) is 15.9. The molecule has 3 aromatic rings. The summed E-state index contributed by atoms with van der Waals surface area (Å²) >= 11 is 3.51. The summed E-state index contributed by atoms with van der Waals surface area (Å²) in [5, 5.41) is 9.07. The van der Waals surface area contributed by atoms with Crippen molar-refractivity contribution in [2.45, 2.75) is 6.92 Å². The van der Waals surface area contributed by atoms with Gasteiger partial charge in [-0.2, -0.15) is 0 Å². The summed E-state index contributed by atoms with van der Waals surface area (Å²) in [4.78, 5) is 23.9. The van der Waals surface area contributed by atoms with E-state index < -0.39 is 5.97 Å². The maximum atomic E-state index is 12.8. The second-order valence-corrected chi connectivity index (χ2v) is 5.75. The summed E-state index contributed by atoms with van der Waals surface area (Å²) in [7, 11) is 0. The predicted octanol–water partition coefficient (Wildman–Crippen LogP) is 3.94. The molecule has 0 aliphatic rings. The summed E-state index contributed by atoms with van der Waals surface area (Å²) in [6.45, 7) is 1.87. The van der Waals surface area contributed by atoms with Gasteiger partial charge in [-0.1, -0.05) is 18.2 Å². The number of rotatable bonds is 3. The van der Waals surface area contributed by atoms with Crippen molar-refractivity contribution >= 4 is 33.2 Å². The quantitative estimate of drug-likeness (QED) is 0.722. The highest BCUT2D eigenvalue weighted by Gasteiger charge is 2.21. The van der Waals surface area contributed by atoms with Crippen LogP contribution in [0.25, 0.3) is 5.52 Å². The molecule has 0 spiro atoms. The third-order valence-corrected chi connectivity index (χ3v) is 4.60. The van der Waals surface area contributed by atoms with E-state index in [1.807, 2.05) is 35.7 Å². The van der Waals surface area contributed by atoms with Gasteiger partial charge in [0, 0.05) is 16.2 Å². The molecule has 0 atom stereocenters. The summed E-state index contributed by atoms with van der Waals surface area (Å²) in [5.74, 6) is -1.25. The molecule has 0 saturated heterocycles. The lowest BCUT2D eigenvalue weighted by molar-refractivity contribution is 0.0697. The van der Waals surface area contributed by atoms with Gasteiger partial charge >= 0.3 is 5.97 Å². The van der Waals surface area contributed by atoms with E-state index in [0.717, 1.165) is 15.6 Å². The van der Waals surface area contributed by atoms with Crippen LogP contribution in [0.3, 0.4) is 0 Å². The summed E-state index contributed by atoms with van der Waals surface area (Å²) in [5.41, 5.74) is 2.72. The average Bonchev–Trinajstić information content (AvgIpc) is 2.79. The van der Waals surface area contributed by atoms with Gasteiger partial charge in [-0.25, -0.2) is 4.79 Å². The van der Waals surface area contributed by atoms with Crippen molar-refractivity contribution in [3.8, 4) is 0 Å². The molecule has 0 bridgehead atoms. The van der Waals surface area contributed by atoms with E-state index in [0.29, 0.717) is 11.3 Å². The molecule has 22 heavy (non-hydrogen) atoms. The second-order valence-electron chi connectivity index (χ2n) is 4.96. The van der Waals surface area contributed by atoms with E-state index in [1.165, 1.54) is 12.1 Å². The molecule has 4 nitrogen and oxygen atoms in total. The van der Waals surface area contributed by atoms with Crippen LogP contribution in [0.15, 0.2) is 53.1 Å². The Bertz CT molecular complexity index is 911. The average molecular weight is 358 g/mol. The van der Waals surface area contributed by atoms with E-state index in [1.54, 1.807) is 12.1 Å². The number of nitrogens with zero attached hydrogens (tertiary/aromatic N) is 1. The molecule has 0 unspecified atom stereocenters. The number of carbonyl (C=O) groups is 2. The van der Waals surface area contributed by atoms with Crippen LogP contribution in [0.4, 0.5) is 0 Å². The van der Waals surface area contributed by atoms with Crippen molar-refractivity contribution in [1.29, 1.82) is 0 Å². The molecular formula is C17H12BrNO3. The number of aromatic nitrogens is 1. The maximum Gasteiger partial charge on any atom is 0.335 e. The van der Waals surface area contributed by atoms with Gasteiger partial charge in [0.1, 0.15) is 0 Å². The fraction of sp³-hybridized carbons (Fsp3) is 0.0588. The lowest BCUT2D eigenvalue weighted by atomic mass is 10.0. The maximum absolute atomic E-state index is 12.8. The van der Waals surface area contributed by atoms with Gasteiger partial charge < -0.3 is 9.51 Å². The largest absolute Gasteiger partial charge is 0.478 e. The molecule has 0 fully saturated rings. The Morgan fingerprint density at radius 1 is 1.09 bits per heavy atom. The zero-order valence-corrected chi connectivity index (χ0v) is 13.3. The molecule has 2 aromatic heterocycles. The zero-order valence-electron chi connectivity index (χ0n) is 11.7. The highest BCUT2D eigenvalue weighted by atomic mass is 79.9. The van der Waals surface area contributed by atoms with E-state index in [2.05, 4.69) is 15.9 Å². The van der Waals surface area contributed by atoms with Crippen LogP contribution in [0.5, 0.6) is 0 Å². The van der Waals surface area contributed by atoms with Gasteiger partial charge in [-0.15, -0.1) is 0 Å². The van der Waals surface area contributed by atoms with E-state index in [4.69, 9.17) is 5.11 Å². The smallest absolute Gasteiger partial charge is 0.335 e. The summed E-state index contributed by atoms with van der Waals surface area (Å²) in [6.07, 6.45) is 1.82. The Kier molecular flexibility index (Phi) is 3.58. The fourth-order valence-electron chi connectivity index (χ4n) is 2.50. The molecule has 0 aliphatic carbocycles. The van der Waals surface area contributed by atoms with Crippen molar-refractivity contribution < 1.29 is 14.7 Å². The highest BCUT2D eigenvalue weighted by Crippen LogP contribution is 2.29. The molecule has 2 heterocycles. The van der Waals surface area contributed by atoms with E-state index in [9.17, 15) is 9.59 Å². The van der Waals surface area contributed by atoms with Crippen molar-refractivity contribution in [3.05, 3.63) is 75.5 Å². The van der Waals surface area contributed by atoms with Crippen LogP contribution < -0.4 is 0 Å². The molecule has 0 aliphatic heterocycles. The van der Waals surface area contributed by atoms with Gasteiger partial charge in [-0.05, 0) is 52.7 Å². The molecule has 0 saturated carbocycles. The molecule has 0 radical (unpaired) electrons. The normalized spacial score (nSPS) is 10.8. The first-order valence-electron chi connectivity index (χ1n) is 6.64. The first-order chi connectivity index (χ1) is 10.5. The highest BCUT2D eigenvalue weighted by molar-refractivity contribution is 9.10. The third-order valence-electron chi connectivity index (χ3n) is 3.60. The summed E-state index contributed by atoms with van der Waals surface area (Å²) < 4.78 is 2.68. The molecule has 1 N–H and O–H groups in total. The van der Waals surface area contributed by atoms with Crippen LogP contribution in [-0.4, -0.2) is 21.3 Å². The van der Waals surface area contributed by atoms with Gasteiger partial charge in [0.15, 0.2) is 0 Å². The monoisotopic (exact) mass is 357 g/mol. The SMILES string of the molecule is Cc1c(Br)c2ccccn2c1C(=O)c1cccc(C(=O)O)c1. The predicted molar refractivity (Wildman–Crippen MR) is 86.7 cm³/mol. The number of carboxylic acid groups (broad SMARTS) is 1. The van der Waals surface area contributed by atoms with Gasteiger partial charge in [0.25, 0.3) is 0 Å². The van der Waals surface area contributed by atoms with Crippen LogP contribution in [-0.2, 0) is 0 Å². The lowest BCUT2D eigenvalue weighted by Crippen LogP contribution is -2.08. The number of pyridine rings is 1. The molecule has 1 aromatic carbocycles. The molecular weight excluding hydrogens is 346 g/mol. The minimum atomic E-state index is -1.05. The molecule has 0 amide bonds. The topological polar surface area (TPSA) is 58.8 Å². The van der Waals surface area contributed by atoms with Gasteiger partial charge in [-0.3, -0.25) is 4.79 Å². The van der Waals surface area contributed by atoms with Gasteiger partial charge in [0.05, 0.1) is 16.8 Å². The number of halogens is 1. The number of carbonyl (C=O) groups excluding carboxylic acids is 1. The molecule has 5 heteroatoms. The number of ketones is 1. The first kappa shape index (κ1) is 14.5. The van der Waals surface area contributed by atoms with Crippen LogP contribution in [0.1, 0.15) is 32.0 Å². The Morgan fingerprint density at radius 3 is 2.55 bits per heavy atom. The third kappa shape index (κ3) is 2.23. The number of hydrogen-bond donors (Lipinski definition) is 1. The minimum absolute atomic E-state index is 0.100. The van der Waals surface area contributed by atoms with Crippen LogP contribution in [0.2, 0.25) is 0 Å². The van der Waals surface area contributed by atoms with E-state index in [-0.39, 0.29) is 11.3 Å². The van der Waals surface area contributed by atoms with Crippen LogP contribution in [0, 0.1) is 6.92 Å². The van der Waals surface area contributed by atoms with E-state index >= 15 is 0 Å². The molecule has 3 rings (SSSR count). The fourth-order valence-corrected chi connectivity index (χ4v) is 3.01. The number of hydrogen-bond acceptors (Lipinski definition) is 2. The standard InChI is InChI=1S/C17H12BrNO3/c1-10-14(18)13-7-2-3-8-19(13)15(10)16(20)11-5-4-6-12(9-11)17(21)22/h2-9H,1H3,(H,21,22). The van der Waals surface area contributed by atoms with Crippen molar-refractivity contribution in [2.24, 2.45) is 0 Å². The Balaban J connectivity index is 2.20. The first-order valence-corrected chi connectivity index (χ1v) is 7.43. The summed E-state index contributed by atoms with van der Waals surface area (Å²) in [6, 6.07) is 11.8. The molecule has 110 valence electrons. The Hall–Kier alpha value is -2.40. The number of fused-ring (bicyclic) bond motifs is 1. The second kappa shape index (κ2) is 5.42.